The minimum absolute atomic E-state index is 0.0392. The monoisotopic (exact) mass is 441 g/mol. The van der Waals surface area contributed by atoms with Gasteiger partial charge in [0.25, 0.3) is 0 Å². The van der Waals surface area contributed by atoms with Crippen molar-refractivity contribution in [1.29, 1.82) is 5.26 Å². The molecule has 0 N–H and O–H groups in total. The minimum atomic E-state index is 0.0392. The zero-order valence-corrected chi connectivity index (χ0v) is 21.9. The highest BCUT2D eigenvalue weighted by atomic mass is 14.5. The fourth-order valence-electron chi connectivity index (χ4n) is 7.87. The van der Waals surface area contributed by atoms with Crippen molar-refractivity contribution in [2.45, 2.75) is 155 Å². The van der Waals surface area contributed by atoms with Crippen LogP contribution >= 0.6 is 0 Å². The molecular weight excluding hydrogens is 386 g/mol. The van der Waals surface area contributed by atoms with Gasteiger partial charge in [0.15, 0.2) is 0 Å². The SMILES string of the molecule is CCCCCCC[C@H]1CC[C@H](C2CCC([C@H]3CC[C@@](C#N)(CCCCC)CC3)CC2)CC1. The normalized spacial score (nSPS) is 36.0. The van der Waals surface area contributed by atoms with Gasteiger partial charge in [-0.1, -0.05) is 84.5 Å². The summed E-state index contributed by atoms with van der Waals surface area (Å²) in [4.78, 5) is 0. The van der Waals surface area contributed by atoms with Gasteiger partial charge >= 0.3 is 0 Å². The Morgan fingerprint density at radius 3 is 1.59 bits per heavy atom. The first-order valence-electron chi connectivity index (χ1n) is 15.1. The van der Waals surface area contributed by atoms with Gasteiger partial charge in [-0.2, -0.15) is 5.26 Å². The fourth-order valence-corrected chi connectivity index (χ4v) is 7.87. The van der Waals surface area contributed by atoms with E-state index in [1.165, 1.54) is 122 Å². The molecule has 0 aromatic rings. The molecule has 0 bridgehead atoms. The maximum absolute atomic E-state index is 9.87. The zero-order chi connectivity index (χ0) is 22.7. The Balaban J connectivity index is 1.31. The predicted octanol–water partition coefficient (Wildman–Crippen LogP) is 10.2. The van der Waals surface area contributed by atoms with Crippen molar-refractivity contribution in [3.05, 3.63) is 0 Å². The van der Waals surface area contributed by atoms with Gasteiger partial charge in [0.05, 0.1) is 11.5 Å². The van der Waals surface area contributed by atoms with Crippen LogP contribution in [0.4, 0.5) is 0 Å². The van der Waals surface area contributed by atoms with Gasteiger partial charge in [-0.15, -0.1) is 0 Å². The highest BCUT2D eigenvalue weighted by Gasteiger charge is 2.39. The molecule has 0 aliphatic heterocycles. The summed E-state index contributed by atoms with van der Waals surface area (Å²) in [7, 11) is 0. The molecule has 0 unspecified atom stereocenters. The average Bonchev–Trinajstić information content (AvgIpc) is 2.85. The van der Waals surface area contributed by atoms with Crippen LogP contribution in [0.2, 0.25) is 0 Å². The van der Waals surface area contributed by atoms with Crippen LogP contribution in [0.15, 0.2) is 0 Å². The van der Waals surface area contributed by atoms with E-state index in [0.29, 0.717) is 0 Å². The molecule has 32 heavy (non-hydrogen) atoms. The first kappa shape index (κ1) is 26.1. The number of hydrogen-bond donors (Lipinski definition) is 0. The molecule has 3 saturated carbocycles. The van der Waals surface area contributed by atoms with Crippen LogP contribution in [0, 0.1) is 46.3 Å². The number of unbranched alkanes of at least 4 members (excludes halogenated alkanes) is 6. The number of hydrogen-bond acceptors (Lipinski definition) is 1. The van der Waals surface area contributed by atoms with Crippen molar-refractivity contribution >= 4 is 0 Å². The third-order valence-corrected chi connectivity index (χ3v) is 10.2. The van der Waals surface area contributed by atoms with Crippen molar-refractivity contribution in [1.82, 2.24) is 0 Å². The summed E-state index contributed by atoms with van der Waals surface area (Å²) in [6.45, 7) is 4.59. The third-order valence-electron chi connectivity index (χ3n) is 10.2. The number of nitriles is 1. The molecule has 0 aromatic carbocycles. The van der Waals surface area contributed by atoms with Gasteiger partial charge in [0, 0.05) is 0 Å². The van der Waals surface area contributed by atoms with Gasteiger partial charge < -0.3 is 0 Å². The first-order valence-corrected chi connectivity index (χ1v) is 15.1. The standard InChI is InChI=1S/C31H55N/c1-3-5-7-8-9-11-26-12-14-27(15-13-26)28-16-18-29(19-17-28)30-20-23-31(25-32,24-21-30)22-10-6-4-2/h26-30H,3-24H2,1-2H3/t26-,27-,28?,29?,30-,31-. The molecular formula is C31H55N. The second-order valence-electron chi connectivity index (χ2n) is 12.3. The topological polar surface area (TPSA) is 23.8 Å². The predicted molar refractivity (Wildman–Crippen MR) is 138 cm³/mol. The highest BCUT2D eigenvalue weighted by Crippen LogP contribution is 2.49. The van der Waals surface area contributed by atoms with Crippen LogP contribution in [0.1, 0.15) is 155 Å². The third kappa shape index (κ3) is 7.77. The van der Waals surface area contributed by atoms with Crippen LogP contribution in [-0.2, 0) is 0 Å². The van der Waals surface area contributed by atoms with Crippen LogP contribution in [0.5, 0.6) is 0 Å². The lowest BCUT2D eigenvalue weighted by Crippen LogP contribution is -2.32. The van der Waals surface area contributed by atoms with Crippen molar-refractivity contribution in [2.24, 2.45) is 35.0 Å². The zero-order valence-electron chi connectivity index (χ0n) is 21.9. The van der Waals surface area contributed by atoms with E-state index in [4.69, 9.17) is 0 Å². The van der Waals surface area contributed by atoms with Crippen molar-refractivity contribution < 1.29 is 0 Å². The van der Waals surface area contributed by atoms with E-state index < -0.39 is 0 Å². The van der Waals surface area contributed by atoms with Crippen molar-refractivity contribution in [3.63, 3.8) is 0 Å². The van der Waals surface area contributed by atoms with E-state index >= 15 is 0 Å². The second-order valence-corrected chi connectivity index (χ2v) is 12.3. The molecule has 0 saturated heterocycles. The number of nitrogens with zero attached hydrogens (tertiary/aromatic N) is 1. The highest BCUT2D eigenvalue weighted by molar-refractivity contribution is 5.02. The molecule has 184 valence electrons. The Hall–Kier alpha value is -0.510. The van der Waals surface area contributed by atoms with Crippen LogP contribution in [0.25, 0.3) is 0 Å². The van der Waals surface area contributed by atoms with Crippen LogP contribution < -0.4 is 0 Å². The van der Waals surface area contributed by atoms with E-state index in [2.05, 4.69) is 19.9 Å². The summed E-state index contributed by atoms with van der Waals surface area (Å²) < 4.78 is 0. The average molecular weight is 442 g/mol. The Morgan fingerprint density at radius 2 is 1.06 bits per heavy atom. The summed E-state index contributed by atoms with van der Waals surface area (Å²) in [5.41, 5.74) is 0.0392. The summed E-state index contributed by atoms with van der Waals surface area (Å²) in [6, 6.07) is 2.77. The molecule has 0 spiro atoms. The molecule has 3 aliphatic rings. The van der Waals surface area contributed by atoms with Crippen LogP contribution in [-0.4, -0.2) is 0 Å². The maximum atomic E-state index is 9.87. The molecule has 0 aromatic heterocycles. The molecule has 3 aliphatic carbocycles. The maximum Gasteiger partial charge on any atom is 0.0689 e. The Kier molecular flexibility index (Phi) is 11.4. The molecule has 1 heteroatoms. The summed E-state index contributed by atoms with van der Waals surface area (Å²) >= 11 is 0. The van der Waals surface area contributed by atoms with E-state index in [1.54, 1.807) is 12.8 Å². The molecule has 3 rings (SSSR count). The molecule has 0 radical (unpaired) electrons. The van der Waals surface area contributed by atoms with E-state index in [1.807, 2.05) is 0 Å². The van der Waals surface area contributed by atoms with E-state index in [0.717, 1.165) is 36.0 Å². The lowest BCUT2D eigenvalue weighted by Gasteiger charge is -2.43. The summed E-state index contributed by atoms with van der Waals surface area (Å²) in [5, 5.41) is 9.87. The smallest absolute Gasteiger partial charge is 0.0689 e. The first-order chi connectivity index (χ1) is 15.7. The van der Waals surface area contributed by atoms with Gasteiger partial charge in [-0.05, 0) is 100 Å². The summed E-state index contributed by atoms with van der Waals surface area (Å²) in [6.07, 6.45) is 31.1. The van der Waals surface area contributed by atoms with Gasteiger partial charge in [0.1, 0.15) is 0 Å². The largest absolute Gasteiger partial charge is 0.198 e. The molecule has 3 fully saturated rings. The van der Waals surface area contributed by atoms with E-state index in [9.17, 15) is 5.26 Å². The lowest BCUT2D eigenvalue weighted by molar-refractivity contribution is 0.0897. The van der Waals surface area contributed by atoms with E-state index in [-0.39, 0.29) is 5.41 Å². The minimum Gasteiger partial charge on any atom is -0.198 e. The quantitative estimate of drug-likeness (QED) is 0.276. The second kappa shape index (κ2) is 14.0. The Morgan fingerprint density at radius 1 is 0.594 bits per heavy atom. The van der Waals surface area contributed by atoms with Gasteiger partial charge in [-0.25, -0.2) is 0 Å². The van der Waals surface area contributed by atoms with Crippen LogP contribution in [0.3, 0.4) is 0 Å². The Labute approximate surface area is 201 Å². The molecule has 1 nitrogen and oxygen atoms in total. The molecule has 0 atom stereocenters. The van der Waals surface area contributed by atoms with Crippen molar-refractivity contribution in [3.8, 4) is 6.07 Å². The van der Waals surface area contributed by atoms with Gasteiger partial charge in [-0.3, -0.25) is 0 Å². The van der Waals surface area contributed by atoms with Gasteiger partial charge in [0.2, 0.25) is 0 Å². The Bertz CT molecular complexity index is 521. The summed E-state index contributed by atoms with van der Waals surface area (Å²) in [5.74, 6) is 5.09. The lowest BCUT2D eigenvalue weighted by atomic mass is 9.62. The van der Waals surface area contributed by atoms with Crippen molar-refractivity contribution in [2.75, 3.05) is 0 Å². The fraction of sp³-hybridized carbons (Fsp3) is 0.968. The molecule has 0 heterocycles. The number of rotatable bonds is 12. The molecule has 0 amide bonds.